The Morgan fingerprint density at radius 2 is 1.50 bits per heavy atom. The van der Waals surface area contributed by atoms with Crippen LogP contribution in [-0.4, -0.2) is 85.6 Å². The second-order valence-electron chi connectivity index (χ2n) is 8.47. The number of morpholine rings is 1. The van der Waals surface area contributed by atoms with Crippen molar-refractivity contribution in [3.05, 3.63) is 71.8 Å². The molecule has 2 aliphatic rings. The summed E-state index contributed by atoms with van der Waals surface area (Å²) in [5, 5.41) is 0. The Labute approximate surface area is 188 Å². The minimum Gasteiger partial charge on any atom is -0.378 e. The van der Waals surface area contributed by atoms with Crippen molar-refractivity contribution >= 4 is 5.91 Å². The lowest BCUT2D eigenvalue weighted by Gasteiger charge is -2.41. The second-order valence-corrected chi connectivity index (χ2v) is 8.47. The highest BCUT2D eigenvalue weighted by atomic mass is 19.3. The number of benzene rings is 2. The maximum atomic E-state index is 13.0. The van der Waals surface area contributed by atoms with E-state index in [1.165, 1.54) is 11.1 Å². The topological polar surface area (TPSA) is 36.0 Å². The Bertz CT molecular complexity index is 805. The first-order valence-corrected chi connectivity index (χ1v) is 11.3. The molecule has 1 unspecified atom stereocenters. The predicted molar refractivity (Wildman–Crippen MR) is 120 cm³/mol. The highest BCUT2D eigenvalue weighted by Gasteiger charge is 2.31. The number of carbonyl (C=O) groups is 1. The third-order valence-corrected chi connectivity index (χ3v) is 6.40. The average molecular weight is 444 g/mol. The van der Waals surface area contributed by atoms with Gasteiger partial charge in [0.25, 0.3) is 0 Å². The van der Waals surface area contributed by atoms with Crippen molar-refractivity contribution in [3.63, 3.8) is 0 Å². The molecule has 5 nitrogen and oxygen atoms in total. The van der Waals surface area contributed by atoms with Gasteiger partial charge in [0.05, 0.1) is 25.8 Å². The summed E-state index contributed by atoms with van der Waals surface area (Å²) in [6, 6.07) is 20.6. The van der Waals surface area contributed by atoms with Gasteiger partial charge in [-0.15, -0.1) is 0 Å². The summed E-state index contributed by atoms with van der Waals surface area (Å²) in [5.41, 5.74) is 2.48. The van der Waals surface area contributed by atoms with Gasteiger partial charge in [0.15, 0.2) is 0 Å². The molecule has 2 heterocycles. The van der Waals surface area contributed by atoms with Crippen molar-refractivity contribution in [2.45, 2.75) is 24.9 Å². The Morgan fingerprint density at radius 3 is 2.06 bits per heavy atom. The monoisotopic (exact) mass is 443 g/mol. The molecule has 2 aliphatic heterocycles. The van der Waals surface area contributed by atoms with Crippen molar-refractivity contribution in [1.29, 1.82) is 0 Å². The lowest BCUT2D eigenvalue weighted by atomic mass is 9.96. The summed E-state index contributed by atoms with van der Waals surface area (Å²) in [6.07, 6.45) is -2.65. The quantitative estimate of drug-likeness (QED) is 0.658. The lowest BCUT2D eigenvalue weighted by Crippen LogP contribution is -2.55. The van der Waals surface area contributed by atoms with Crippen LogP contribution in [0.3, 0.4) is 0 Å². The van der Waals surface area contributed by atoms with Crippen LogP contribution in [0.1, 0.15) is 23.6 Å². The van der Waals surface area contributed by atoms with E-state index >= 15 is 0 Å². The van der Waals surface area contributed by atoms with Gasteiger partial charge in [-0.1, -0.05) is 60.7 Å². The zero-order chi connectivity index (χ0) is 22.3. The van der Waals surface area contributed by atoms with Gasteiger partial charge in [-0.05, 0) is 11.1 Å². The van der Waals surface area contributed by atoms with Gasteiger partial charge in [-0.3, -0.25) is 14.6 Å². The fourth-order valence-electron chi connectivity index (χ4n) is 4.71. The molecule has 2 aromatic rings. The van der Waals surface area contributed by atoms with Gasteiger partial charge in [-0.2, -0.15) is 0 Å². The third kappa shape index (κ3) is 5.71. The largest absolute Gasteiger partial charge is 0.378 e. The van der Waals surface area contributed by atoms with Crippen LogP contribution in [0, 0.1) is 0 Å². The molecule has 0 aliphatic carbocycles. The van der Waals surface area contributed by atoms with Gasteiger partial charge < -0.3 is 9.64 Å². The number of carbonyl (C=O) groups excluding carboxylic acids is 1. The zero-order valence-corrected chi connectivity index (χ0v) is 18.3. The van der Waals surface area contributed by atoms with Gasteiger partial charge in [0.2, 0.25) is 12.3 Å². The zero-order valence-electron chi connectivity index (χ0n) is 18.3. The number of hydrogen-bond donors (Lipinski definition) is 0. The number of piperazine rings is 1. The van der Waals surface area contributed by atoms with E-state index in [-0.39, 0.29) is 31.5 Å². The van der Waals surface area contributed by atoms with Crippen molar-refractivity contribution in [3.8, 4) is 0 Å². The standard InChI is InChI=1S/C25H31F2N3O2/c26-23(27)17-22-19-32-16-15-30(22)18-24(31)28-11-13-29(14-12-28)25(20-7-3-1-4-8-20)21-9-5-2-6-10-21/h1-10,22-23,25H,11-19H2. The molecule has 2 aromatic carbocycles. The third-order valence-electron chi connectivity index (χ3n) is 6.40. The van der Waals surface area contributed by atoms with E-state index < -0.39 is 12.5 Å². The van der Waals surface area contributed by atoms with E-state index in [0.717, 1.165) is 13.1 Å². The van der Waals surface area contributed by atoms with Gasteiger partial charge in [0.1, 0.15) is 0 Å². The maximum Gasteiger partial charge on any atom is 0.240 e. The molecule has 1 atom stereocenters. The molecule has 172 valence electrons. The highest BCUT2D eigenvalue weighted by Crippen LogP contribution is 2.29. The molecule has 32 heavy (non-hydrogen) atoms. The predicted octanol–water partition coefficient (Wildman–Crippen LogP) is 3.28. The molecule has 0 radical (unpaired) electrons. The first-order valence-electron chi connectivity index (χ1n) is 11.3. The molecule has 0 spiro atoms. The molecular formula is C25H31F2N3O2. The van der Waals surface area contributed by atoms with E-state index in [4.69, 9.17) is 4.74 Å². The molecule has 0 aromatic heterocycles. The van der Waals surface area contributed by atoms with Crippen LogP contribution in [0.2, 0.25) is 0 Å². The normalized spacial score (nSPS) is 20.8. The van der Waals surface area contributed by atoms with E-state index in [1.54, 1.807) is 0 Å². The first-order chi connectivity index (χ1) is 15.6. The number of nitrogens with zero attached hydrogens (tertiary/aromatic N) is 3. The lowest BCUT2D eigenvalue weighted by molar-refractivity contribution is -0.137. The van der Waals surface area contributed by atoms with Crippen LogP contribution in [0.4, 0.5) is 8.78 Å². The summed E-state index contributed by atoms with van der Waals surface area (Å²) in [6.45, 7) is 4.26. The molecule has 0 N–H and O–H groups in total. The Kier molecular flexibility index (Phi) is 7.84. The fraction of sp³-hybridized carbons (Fsp3) is 0.480. The molecule has 0 bridgehead atoms. The summed E-state index contributed by atoms with van der Waals surface area (Å²) in [5.74, 6) is 0.0155. The van der Waals surface area contributed by atoms with Crippen molar-refractivity contribution in [1.82, 2.24) is 14.7 Å². The minimum atomic E-state index is -2.39. The summed E-state index contributed by atoms with van der Waals surface area (Å²) < 4.78 is 31.2. The van der Waals surface area contributed by atoms with Crippen LogP contribution in [0.15, 0.2) is 60.7 Å². The molecule has 4 rings (SSSR count). The number of halogens is 2. The number of rotatable bonds is 7. The highest BCUT2D eigenvalue weighted by molar-refractivity contribution is 5.78. The van der Waals surface area contributed by atoms with Gasteiger partial charge >= 0.3 is 0 Å². The molecule has 2 fully saturated rings. The maximum absolute atomic E-state index is 13.0. The average Bonchev–Trinajstić information content (AvgIpc) is 2.82. The summed E-state index contributed by atoms with van der Waals surface area (Å²) in [7, 11) is 0. The minimum absolute atomic E-state index is 0.0155. The van der Waals surface area contributed by atoms with Crippen molar-refractivity contribution in [2.75, 3.05) is 52.5 Å². The number of ether oxygens (including phenoxy) is 1. The molecule has 1 amide bonds. The molecular weight excluding hydrogens is 412 g/mol. The van der Waals surface area contributed by atoms with Crippen LogP contribution >= 0.6 is 0 Å². The number of amides is 1. The summed E-state index contributed by atoms with van der Waals surface area (Å²) in [4.78, 5) is 19.1. The van der Waals surface area contributed by atoms with Crippen molar-refractivity contribution < 1.29 is 18.3 Å². The van der Waals surface area contributed by atoms with Crippen LogP contribution < -0.4 is 0 Å². The fourth-order valence-corrected chi connectivity index (χ4v) is 4.71. The molecule has 0 saturated carbocycles. The first kappa shape index (κ1) is 22.8. The van der Waals surface area contributed by atoms with E-state index in [9.17, 15) is 13.6 Å². The van der Waals surface area contributed by atoms with Gasteiger partial charge in [0, 0.05) is 45.2 Å². The Hall–Kier alpha value is -2.35. The Balaban J connectivity index is 1.38. The van der Waals surface area contributed by atoms with Crippen LogP contribution in [0.25, 0.3) is 0 Å². The van der Waals surface area contributed by atoms with Crippen molar-refractivity contribution in [2.24, 2.45) is 0 Å². The van der Waals surface area contributed by atoms with Gasteiger partial charge in [-0.25, -0.2) is 8.78 Å². The molecule has 2 saturated heterocycles. The SMILES string of the molecule is O=C(CN1CCOCC1CC(F)F)N1CCN(C(c2ccccc2)c2ccccc2)CC1. The number of alkyl halides is 2. The molecule has 7 heteroatoms. The second kappa shape index (κ2) is 11.0. The van der Waals surface area contributed by atoms with E-state index in [0.29, 0.717) is 26.2 Å². The number of hydrogen-bond acceptors (Lipinski definition) is 4. The van der Waals surface area contributed by atoms with Crippen LogP contribution in [-0.2, 0) is 9.53 Å². The smallest absolute Gasteiger partial charge is 0.240 e. The van der Waals surface area contributed by atoms with Crippen LogP contribution in [0.5, 0.6) is 0 Å². The summed E-state index contributed by atoms with van der Waals surface area (Å²) >= 11 is 0. The van der Waals surface area contributed by atoms with E-state index in [2.05, 4.69) is 53.4 Å². The van der Waals surface area contributed by atoms with E-state index in [1.807, 2.05) is 21.9 Å². The Morgan fingerprint density at radius 1 is 0.906 bits per heavy atom.